The van der Waals surface area contributed by atoms with Crippen LogP contribution in [0.15, 0.2) is 12.1 Å². The van der Waals surface area contributed by atoms with Gasteiger partial charge in [0.15, 0.2) is 17.8 Å². The van der Waals surface area contributed by atoms with Crippen molar-refractivity contribution in [2.45, 2.75) is 13.8 Å². The third-order valence-electron chi connectivity index (χ3n) is 1.96. The Morgan fingerprint density at radius 2 is 1.81 bits per heavy atom. The molecule has 0 spiro atoms. The fourth-order valence-electron chi connectivity index (χ4n) is 1.31. The van der Waals surface area contributed by atoms with Crippen LogP contribution in [-0.2, 0) is 0 Å². The third kappa shape index (κ3) is 2.51. The quantitative estimate of drug-likeness (QED) is 0.712. The molecule has 16 heavy (non-hydrogen) atoms. The molecule has 0 unspecified atom stereocenters. The summed E-state index contributed by atoms with van der Waals surface area (Å²) in [5.74, 6) is 0.983. The second-order valence-corrected chi connectivity index (χ2v) is 2.98. The predicted octanol–water partition coefficient (Wildman–Crippen LogP) is 2.17. The summed E-state index contributed by atoms with van der Waals surface area (Å²) in [4.78, 5) is 10.8. The highest BCUT2D eigenvalue weighted by atomic mass is 16.5. The Morgan fingerprint density at radius 1 is 1.25 bits per heavy atom. The Hall–Kier alpha value is -2.02. The topological polar surface area (TPSA) is 59.3 Å². The molecule has 1 rings (SSSR count). The summed E-state index contributed by atoms with van der Waals surface area (Å²) >= 11 is 0. The molecule has 0 aliphatic rings. The van der Waals surface area contributed by atoms with Crippen molar-refractivity contribution >= 4 is 6.29 Å². The summed E-state index contributed by atoms with van der Waals surface area (Å²) in [6, 6.07) is 5.00. The van der Waals surface area contributed by atoms with Gasteiger partial charge in [-0.2, -0.15) is 5.26 Å². The minimum Gasteiger partial charge on any atom is -0.490 e. The largest absolute Gasteiger partial charge is 0.490 e. The number of rotatable bonds is 5. The van der Waals surface area contributed by atoms with E-state index >= 15 is 0 Å². The second-order valence-electron chi connectivity index (χ2n) is 2.98. The number of ether oxygens (including phenoxy) is 2. The Balaban J connectivity index is 3.24. The van der Waals surface area contributed by atoms with E-state index in [1.54, 1.807) is 0 Å². The number of nitrogens with zero attached hydrogens (tertiary/aromatic N) is 1. The van der Waals surface area contributed by atoms with Crippen molar-refractivity contribution in [2.75, 3.05) is 13.2 Å². The van der Waals surface area contributed by atoms with E-state index in [4.69, 9.17) is 14.7 Å². The van der Waals surface area contributed by atoms with Crippen LogP contribution in [0.5, 0.6) is 11.5 Å². The van der Waals surface area contributed by atoms with Gasteiger partial charge in [-0.1, -0.05) is 0 Å². The monoisotopic (exact) mass is 219 g/mol. The molecule has 0 amide bonds. The summed E-state index contributed by atoms with van der Waals surface area (Å²) in [6.07, 6.45) is 0.636. The minimum atomic E-state index is 0.293. The van der Waals surface area contributed by atoms with Crippen molar-refractivity contribution in [2.24, 2.45) is 0 Å². The predicted molar refractivity (Wildman–Crippen MR) is 58.9 cm³/mol. The van der Waals surface area contributed by atoms with Crippen molar-refractivity contribution in [3.8, 4) is 17.6 Å². The Labute approximate surface area is 94.4 Å². The van der Waals surface area contributed by atoms with Crippen LogP contribution >= 0.6 is 0 Å². The average Bonchev–Trinajstić information content (AvgIpc) is 2.31. The average molecular weight is 219 g/mol. The van der Waals surface area contributed by atoms with Crippen molar-refractivity contribution in [3.63, 3.8) is 0 Å². The molecule has 4 heteroatoms. The molecule has 0 fully saturated rings. The zero-order valence-corrected chi connectivity index (χ0v) is 9.32. The van der Waals surface area contributed by atoms with Crippen LogP contribution in [-0.4, -0.2) is 19.5 Å². The summed E-state index contributed by atoms with van der Waals surface area (Å²) in [5.41, 5.74) is 0.608. The zero-order valence-electron chi connectivity index (χ0n) is 9.32. The first kappa shape index (κ1) is 12.1. The van der Waals surface area contributed by atoms with Crippen molar-refractivity contribution in [1.29, 1.82) is 5.26 Å². The fourth-order valence-corrected chi connectivity index (χ4v) is 1.31. The van der Waals surface area contributed by atoms with Gasteiger partial charge in [0, 0.05) is 11.6 Å². The van der Waals surface area contributed by atoms with E-state index in [1.165, 1.54) is 12.1 Å². The number of carbonyl (C=O) groups excluding carboxylic acids is 1. The first-order chi connectivity index (χ1) is 7.76. The smallest absolute Gasteiger partial charge is 0.162 e. The van der Waals surface area contributed by atoms with Gasteiger partial charge >= 0.3 is 0 Å². The molecule has 0 aliphatic heterocycles. The summed E-state index contributed by atoms with van der Waals surface area (Å²) < 4.78 is 10.7. The maximum absolute atomic E-state index is 10.8. The van der Waals surface area contributed by atoms with Gasteiger partial charge in [-0.3, -0.25) is 4.79 Å². The van der Waals surface area contributed by atoms with Gasteiger partial charge in [0.1, 0.15) is 6.07 Å². The van der Waals surface area contributed by atoms with Gasteiger partial charge < -0.3 is 9.47 Å². The number of aldehydes is 1. The van der Waals surface area contributed by atoms with E-state index in [0.717, 1.165) is 0 Å². The SMILES string of the molecule is CCOc1cc(C#N)c(C=O)cc1OCC. The zero-order chi connectivity index (χ0) is 12.0. The molecule has 4 nitrogen and oxygen atoms in total. The number of carbonyl (C=O) groups is 1. The van der Waals surface area contributed by atoms with Crippen LogP contribution in [0.4, 0.5) is 0 Å². The second kappa shape index (κ2) is 5.76. The lowest BCUT2D eigenvalue weighted by Gasteiger charge is -2.11. The van der Waals surface area contributed by atoms with E-state index in [9.17, 15) is 4.79 Å². The minimum absolute atomic E-state index is 0.293. The van der Waals surface area contributed by atoms with Crippen LogP contribution in [0.2, 0.25) is 0 Å². The maximum atomic E-state index is 10.8. The van der Waals surface area contributed by atoms with Gasteiger partial charge in [0.25, 0.3) is 0 Å². The lowest BCUT2D eigenvalue weighted by atomic mass is 10.1. The van der Waals surface area contributed by atoms with Gasteiger partial charge in [-0.15, -0.1) is 0 Å². The maximum Gasteiger partial charge on any atom is 0.162 e. The Morgan fingerprint density at radius 3 is 2.25 bits per heavy atom. The summed E-state index contributed by atoms with van der Waals surface area (Å²) in [6.45, 7) is 4.64. The molecule has 1 aromatic rings. The molecule has 0 heterocycles. The van der Waals surface area contributed by atoms with Crippen molar-refractivity contribution in [1.82, 2.24) is 0 Å². The van der Waals surface area contributed by atoms with Gasteiger partial charge in [-0.25, -0.2) is 0 Å². The molecule has 0 bridgehead atoms. The van der Waals surface area contributed by atoms with E-state index < -0.39 is 0 Å². The van der Waals surface area contributed by atoms with Gasteiger partial charge in [0.05, 0.1) is 18.8 Å². The van der Waals surface area contributed by atoms with Gasteiger partial charge in [-0.05, 0) is 19.9 Å². The number of nitriles is 1. The van der Waals surface area contributed by atoms with E-state index in [1.807, 2.05) is 19.9 Å². The molecular weight excluding hydrogens is 206 g/mol. The number of benzene rings is 1. The molecule has 1 aromatic carbocycles. The van der Waals surface area contributed by atoms with Crippen molar-refractivity contribution < 1.29 is 14.3 Å². The highest BCUT2D eigenvalue weighted by Crippen LogP contribution is 2.30. The van der Waals surface area contributed by atoms with Crippen LogP contribution in [0.25, 0.3) is 0 Å². The lowest BCUT2D eigenvalue weighted by molar-refractivity contribution is 0.112. The Bertz CT molecular complexity index is 421. The molecule has 0 aromatic heterocycles. The number of hydrogen-bond acceptors (Lipinski definition) is 4. The molecule has 0 aliphatic carbocycles. The normalized spacial score (nSPS) is 9.31. The van der Waals surface area contributed by atoms with Gasteiger partial charge in [0.2, 0.25) is 0 Å². The van der Waals surface area contributed by atoms with Crippen LogP contribution < -0.4 is 9.47 Å². The van der Waals surface area contributed by atoms with Crippen LogP contribution in [0, 0.1) is 11.3 Å². The van der Waals surface area contributed by atoms with E-state index in [-0.39, 0.29) is 0 Å². The summed E-state index contributed by atoms with van der Waals surface area (Å²) in [7, 11) is 0. The number of hydrogen-bond donors (Lipinski definition) is 0. The van der Waals surface area contributed by atoms with E-state index in [0.29, 0.717) is 42.1 Å². The molecule has 0 saturated carbocycles. The molecule has 0 radical (unpaired) electrons. The third-order valence-corrected chi connectivity index (χ3v) is 1.96. The first-order valence-corrected chi connectivity index (χ1v) is 5.05. The fraction of sp³-hybridized carbons (Fsp3) is 0.333. The molecule has 0 N–H and O–H groups in total. The van der Waals surface area contributed by atoms with Crippen molar-refractivity contribution in [3.05, 3.63) is 23.3 Å². The van der Waals surface area contributed by atoms with Crippen LogP contribution in [0.1, 0.15) is 29.8 Å². The van der Waals surface area contributed by atoms with Crippen LogP contribution in [0.3, 0.4) is 0 Å². The summed E-state index contributed by atoms with van der Waals surface area (Å²) in [5, 5.41) is 8.86. The Kier molecular flexibility index (Phi) is 4.34. The highest BCUT2D eigenvalue weighted by molar-refractivity contribution is 5.81. The molecule has 0 atom stereocenters. The van der Waals surface area contributed by atoms with E-state index in [2.05, 4.69) is 0 Å². The standard InChI is InChI=1S/C12H13NO3/c1-3-15-11-5-9(7-13)10(8-14)6-12(11)16-4-2/h5-6,8H,3-4H2,1-2H3. The lowest BCUT2D eigenvalue weighted by Crippen LogP contribution is -2.00. The molecular formula is C12H13NO3. The highest BCUT2D eigenvalue weighted by Gasteiger charge is 2.11. The first-order valence-electron chi connectivity index (χ1n) is 5.05. The molecule has 84 valence electrons. The molecule has 0 saturated heterocycles.